The Balaban J connectivity index is 1.38. The van der Waals surface area contributed by atoms with Crippen molar-refractivity contribution >= 4 is 5.96 Å². The van der Waals surface area contributed by atoms with E-state index in [1.165, 1.54) is 58.0 Å². The van der Waals surface area contributed by atoms with Crippen LogP contribution in [0.2, 0.25) is 0 Å². The minimum Gasteiger partial charge on any atom is -0.356 e. The number of likely N-dealkylation sites (tertiary alicyclic amines) is 1. The monoisotopic (exact) mass is 357 g/mol. The van der Waals surface area contributed by atoms with E-state index in [2.05, 4.69) is 31.6 Å². The van der Waals surface area contributed by atoms with Crippen LogP contribution in [0.5, 0.6) is 0 Å². The van der Waals surface area contributed by atoms with Crippen LogP contribution in [0.4, 0.5) is 0 Å². The lowest BCUT2D eigenvalue weighted by atomic mass is 9.89. The van der Waals surface area contributed by atoms with Gasteiger partial charge in [-0.25, -0.2) is 0 Å². The van der Waals surface area contributed by atoms with Gasteiger partial charge in [0.1, 0.15) is 0 Å². The summed E-state index contributed by atoms with van der Waals surface area (Å²) in [6.45, 7) is 4.43. The summed E-state index contributed by atoms with van der Waals surface area (Å²) in [7, 11) is 1.85. The van der Waals surface area contributed by atoms with Crippen LogP contribution in [0.1, 0.15) is 50.6 Å². The van der Waals surface area contributed by atoms with E-state index in [4.69, 9.17) is 0 Å². The van der Waals surface area contributed by atoms with Gasteiger partial charge in [-0.1, -0.05) is 25.3 Å². The molecule has 1 aromatic heterocycles. The van der Waals surface area contributed by atoms with Gasteiger partial charge in [0, 0.05) is 51.0 Å². The van der Waals surface area contributed by atoms with Crippen LogP contribution < -0.4 is 10.6 Å². The fourth-order valence-corrected chi connectivity index (χ4v) is 4.36. The molecule has 1 unspecified atom stereocenters. The lowest BCUT2D eigenvalue weighted by Gasteiger charge is -2.31. The molecule has 1 aromatic rings. The summed E-state index contributed by atoms with van der Waals surface area (Å²) in [6.07, 6.45) is 12.6. The van der Waals surface area contributed by atoms with Gasteiger partial charge >= 0.3 is 0 Å². The Morgan fingerprint density at radius 1 is 1.15 bits per heavy atom. The van der Waals surface area contributed by atoms with Crippen LogP contribution in [-0.2, 0) is 6.42 Å². The van der Waals surface area contributed by atoms with E-state index in [0.29, 0.717) is 6.04 Å². The normalized spacial score (nSPS) is 22.5. The third-order valence-electron chi connectivity index (χ3n) is 5.84. The molecule has 0 spiro atoms. The predicted molar refractivity (Wildman–Crippen MR) is 108 cm³/mol. The lowest BCUT2D eigenvalue weighted by molar-refractivity contribution is 0.188. The molecule has 1 atom stereocenters. The zero-order chi connectivity index (χ0) is 18.0. The van der Waals surface area contributed by atoms with Crippen LogP contribution in [0.15, 0.2) is 29.4 Å². The van der Waals surface area contributed by atoms with Gasteiger partial charge in [-0.05, 0) is 50.3 Å². The molecule has 144 valence electrons. The van der Waals surface area contributed by atoms with Crippen LogP contribution in [0.3, 0.4) is 0 Å². The Bertz CT molecular complexity index is 539. The van der Waals surface area contributed by atoms with Crippen molar-refractivity contribution < 1.29 is 0 Å². The second-order valence-electron chi connectivity index (χ2n) is 7.75. The molecule has 0 radical (unpaired) electrons. The quantitative estimate of drug-likeness (QED) is 0.582. The SMILES string of the molecule is CN=C(NCCc1ccccn1)NCC1CCCN1CC1CCCCC1. The highest BCUT2D eigenvalue weighted by Gasteiger charge is 2.27. The van der Waals surface area contributed by atoms with Gasteiger partial charge in [-0.3, -0.25) is 14.9 Å². The minimum absolute atomic E-state index is 0.659. The van der Waals surface area contributed by atoms with E-state index in [0.717, 1.165) is 37.1 Å². The molecule has 26 heavy (non-hydrogen) atoms. The average molecular weight is 358 g/mol. The number of nitrogens with one attached hydrogen (secondary N) is 2. The van der Waals surface area contributed by atoms with Crippen molar-refractivity contribution in [3.63, 3.8) is 0 Å². The van der Waals surface area contributed by atoms with Crippen molar-refractivity contribution in [2.45, 2.75) is 57.4 Å². The molecule has 2 heterocycles. The fourth-order valence-electron chi connectivity index (χ4n) is 4.36. The molecule has 1 aliphatic carbocycles. The molecule has 2 aliphatic rings. The highest BCUT2D eigenvalue weighted by molar-refractivity contribution is 5.79. The highest BCUT2D eigenvalue weighted by atomic mass is 15.2. The van der Waals surface area contributed by atoms with E-state index in [1.807, 2.05) is 25.4 Å². The number of aromatic nitrogens is 1. The number of aliphatic imine (C=N–C) groups is 1. The van der Waals surface area contributed by atoms with Crippen molar-refractivity contribution in [2.75, 3.05) is 33.2 Å². The summed E-state index contributed by atoms with van der Waals surface area (Å²) in [5.74, 6) is 1.84. The Kier molecular flexibility index (Phi) is 7.74. The van der Waals surface area contributed by atoms with Crippen molar-refractivity contribution in [1.82, 2.24) is 20.5 Å². The highest BCUT2D eigenvalue weighted by Crippen LogP contribution is 2.27. The number of guanidine groups is 1. The van der Waals surface area contributed by atoms with Crippen LogP contribution in [0.25, 0.3) is 0 Å². The van der Waals surface area contributed by atoms with Crippen LogP contribution in [-0.4, -0.2) is 55.1 Å². The number of nitrogens with zero attached hydrogens (tertiary/aromatic N) is 3. The van der Waals surface area contributed by atoms with Gasteiger partial charge < -0.3 is 10.6 Å². The standard InChI is InChI=1S/C21H35N5/c1-22-21(24-14-12-19-10-5-6-13-23-19)25-16-20-11-7-15-26(20)17-18-8-3-2-4-9-18/h5-6,10,13,18,20H,2-4,7-9,11-12,14-17H2,1H3,(H2,22,24,25). The second kappa shape index (κ2) is 10.5. The van der Waals surface area contributed by atoms with Crippen molar-refractivity contribution in [3.05, 3.63) is 30.1 Å². The molecule has 3 rings (SSSR count). The third-order valence-corrected chi connectivity index (χ3v) is 5.84. The van der Waals surface area contributed by atoms with E-state index in [1.54, 1.807) is 0 Å². The second-order valence-corrected chi connectivity index (χ2v) is 7.75. The molecule has 0 bridgehead atoms. The number of hydrogen-bond donors (Lipinski definition) is 2. The van der Waals surface area contributed by atoms with Crippen molar-refractivity contribution in [2.24, 2.45) is 10.9 Å². The molecule has 5 nitrogen and oxygen atoms in total. The van der Waals surface area contributed by atoms with Gasteiger partial charge in [0.15, 0.2) is 5.96 Å². The van der Waals surface area contributed by atoms with Crippen LogP contribution in [0, 0.1) is 5.92 Å². The van der Waals surface area contributed by atoms with Gasteiger partial charge in [0.25, 0.3) is 0 Å². The van der Waals surface area contributed by atoms with Crippen molar-refractivity contribution in [1.29, 1.82) is 0 Å². The maximum Gasteiger partial charge on any atom is 0.191 e. The molecule has 1 saturated carbocycles. The molecule has 2 fully saturated rings. The topological polar surface area (TPSA) is 52.6 Å². The summed E-state index contributed by atoms with van der Waals surface area (Å²) < 4.78 is 0. The Morgan fingerprint density at radius 3 is 2.81 bits per heavy atom. The van der Waals surface area contributed by atoms with Crippen LogP contribution >= 0.6 is 0 Å². The van der Waals surface area contributed by atoms with E-state index in [-0.39, 0.29) is 0 Å². The molecule has 0 aromatic carbocycles. The Labute approximate surface area is 158 Å². The molecular formula is C21H35N5. The summed E-state index contributed by atoms with van der Waals surface area (Å²) in [5, 5.41) is 6.96. The first-order valence-corrected chi connectivity index (χ1v) is 10.4. The van der Waals surface area contributed by atoms with Gasteiger partial charge in [-0.15, -0.1) is 0 Å². The maximum atomic E-state index is 4.38. The number of hydrogen-bond acceptors (Lipinski definition) is 3. The molecule has 5 heteroatoms. The first kappa shape index (κ1) is 19.2. The largest absolute Gasteiger partial charge is 0.356 e. The molecule has 2 N–H and O–H groups in total. The molecular weight excluding hydrogens is 322 g/mol. The zero-order valence-electron chi connectivity index (χ0n) is 16.3. The average Bonchev–Trinajstić information content (AvgIpc) is 3.13. The Morgan fingerprint density at radius 2 is 2.04 bits per heavy atom. The zero-order valence-corrected chi connectivity index (χ0v) is 16.3. The first-order chi connectivity index (χ1) is 12.8. The van der Waals surface area contributed by atoms with E-state index < -0.39 is 0 Å². The smallest absolute Gasteiger partial charge is 0.191 e. The predicted octanol–water partition coefficient (Wildman–Crippen LogP) is 2.83. The number of pyridine rings is 1. The molecule has 0 amide bonds. The van der Waals surface area contributed by atoms with Gasteiger partial charge in [0.2, 0.25) is 0 Å². The van der Waals surface area contributed by atoms with Gasteiger partial charge in [0.05, 0.1) is 0 Å². The number of rotatable bonds is 7. The molecule has 1 aliphatic heterocycles. The summed E-state index contributed by atoms with van der Waals surface area (Å²) in [6, 6.07) is 6.72. The van der Waals surface area contributed by atoms with Crippen molar-refractivity contribution in [3.8, 4) is 0 Å². The van der Waals surface area contributed by atoms with Gasteiger partial charge in [-0.2, -0.15) is 0 Å². The minimum atomic E-state index is 0.659. The summed E-state index contributed by atoms with van der Waals surface area (Å²) >= 11 is 0. The summed E-state index contributed by atoms with van der Waals surface area (Å²) in [4.78, 5) is 11.5. The maximum absolute atomic E-state index is 4.38. The lowest BCUT2D eigenvalue weighted by Crippen LogP contribution is -2.46. The van der Waals surface area contributed by atoms with E-state index >= 15 is 0 Å². The Hall–Kier alpha value is -1.62. The molecule has 1 saturated heterocycles. The first-order valence-electron chi connectivity index (χ1n) is 10.4. The summed E-state index contributed by atoms with van der Waals surface area (Å²) in [5.41, 5.74) is 1.12. The fraction of sp³-hybridized carbons (Fsp3) is 0.714. The third kappa shape index (κ3) is 5.97. The van der Waals surface area contributed by atoms with E-state index in [9.17, 15) is 0 Å².